The van der Waals surface area contributed by atoms with E-state index in [4.69, 9.17) is 14.2 Å². The number of hydrogen-bond donors (Lipinski definition) is 0. The zero-order valence-electron chi connectivity index (χ0n) is 50.3. The van der Waals surface area contributed by atoms with Crippen LogP contribution in [0.15, 0.2) is 85.1 Å². The highest BCUT2D eigenvalue weighted by atomic mass is 16.6. The van der Waals surface area contributed by atoms with Crippen LogP contribution in [0.5, 0.6) is 0 Å². The van der Waals surface area contributed by atoms with E-state index in [2.05, 4.69) is 106 Å². The lowest BCUT2D eigenvalue weighted by Gasteiger charge is -2.18. The summed E-state index contributed by atoms with van der Waals surface area (Å²) in [6.07, 6.45) is 84.4. The summed E-state index contributed by atoms with van der Waals surface area (Å²) in [6, 6.07) is 0. The first-order valence-electron chi connectivity index (χ1n) is 32.6. The van der Waals surface area contributed by atoms with E-state index < -0.39 is 6.10 Å². The van der Waals surface area contributed by atoms with Crippen LogP contribution in [0.25, 0.3) is 0 Å². The summed E-state index contributed by atoms with van der Waals surface area (Å²) in [5.41, 5.74) is 0. The molecule has 0 bridgehead atoms. The van der Waals surface area contributed by atoms with Crippen molar-refractivity contribution in [1.29, 1.82) is 0 Å². The SMILES string of the molecule is CC/C=C\C/C=C\C/C=C\C/C=C\C/C=C\C/C=C\CCCCCCCCC(=O)OCC(COC(=O)CCCCCCC/C=C\CCCCCCC)OC(=O)CCCCCCCCCCCCCCCCCCCCC. The lowest BCUT2D eigenvalue weighted by molar-refractivity contribution is -0.167. The summed E-state index contributed by atoms with van der Waals surface area (Å²) >= 11 is 0. The first kappa shape index (κ1) is 72.6. The summed E-state index contributed by atoms with van der Waals surface area (Å²) in [5.74, 6) is -0.890. The maximum absolute atomic E-state index is 12.9. The van der Waals surface area contributed by atoms with Gasteiger partial charge in [0.25, 0.3) is 0 Å². The summed E-state index contributed by atoms with van der Waals surface area (Å²) in [7, 11) is 0. The molecule has 6 nitrogen and oxygen atoms in total. The smallest absolute Gasteiger partial charge is 0.306 e. The second kappa shape index (κ2) is 64.1. The van der Waals surface area contributed by atoms with Crippen molar-refractivity contribution in [2.45, 2.75) is 329 Å². The summed E-state index contributed by atoms with van der Waals surface area (Å²) in [5, 5.41) is 0. The van der Waals surface area contributed by atoms with Gasteiger partial charge in [-0.05, 0) is 96.3 Å². The molecule has 0 spiro atoms. The minimum atomic E-state index is -0.786. The molecule has 438 valence electrons. The Morgan fingerprint density at radius 2 is 0.513 bits per heavy atom. The van der Waals surface area contributed by atoms with Crippen LogP contribution in [0.3, 0.4) is 0 Å². The van der Waals surface area contributed by atoms with E-state index in [1.54, 1.807) is 0 Å². The predicted octanol–water partition coefficient (Wildman–Crippen LogP) is 22.3. The number of hydrogen-bond acceptors (Lipinski definition) is 6. The number of rotatable bonds is 59. The third kappa shape index (κ3) is 61.4. The average Bonchev–Trinajstić information content (AvgIpc) is 3.42. The van der Waals surface area contributed by atoms with Crippen LogP contribution in [0.1, 0.15) is 323 Å². The number of carbonyl (C=O) groups excluding carboxylic acids is 3. The van der Waals surface area contributed by atoms with Crippen molar-refractivity contribution in [1.82, 2.24) is 0 Å². The van der Waals surface area contributed by atoms with Crippen molar-refractivity contribution in [3.8, 4) is 0 Å². The molecule has 0 heterocycles. The minimum absolute atomic E-state index is 0.0828. The molecule has 0 aliphatic carbocycles. The molecule has 76 heavy (non-hydrogen) atoms. The Morgan fingerprint density at radius 1 is 0.276 bits per heavy atom. The largest absolute Gasteiger partial charge is 0.462 e. The molecule has 0 amide bonds. The van der Waals surface area contributed by atoms with Gasteiger partial charge in [-0.1, -0.05) is 292 Å². The molecular weight excluding hydrogens is 937 g/mol. The molecular formula is C70H122O6. The van der Waals surface area contributed by atoms with Gasteiger partial charge in [-0.3, -0.25) is 14.4 Å². The van der Waals surface area contributed by atoms with Gasteiger partial charge in [-0.25, -0.2) is 0 Å². The number of unbranched alkanes of at least 4 members (excludes halogenated alkanes) is 34. The third-order valence-corrected chi connectivity index (χ3v) is 14.1. The Hall–Kier alpha value is -3.41. The quantitative estimate of drug-likeness (QED) is 0.0261. The molecule has 0 N–H and O–H groups in total. The zero-order chi connectivity index (χ0) is 55.0. The van der Waals surface area contributed by atoms with Crippen LogP contribution in [0, 0.1) is 0 Å². The van der Waals surface area contributed by atoms with E-state index in [-0.39, 0.29) is 31.1 Å². The first-order chi connectivity index (χ1) is 37.5. The van der Waals surface area contributed by atoms with Gasteiger partial charge >= 0.3 is 17.9 Å². The standard InChI is InChI=1S/C70H122O6/c1-4-7-10-13-16-19-22-25-28-30-32-33-34-35-36-37-39-40-42-45-48-51-54-57-60-63-69(72)75-66-67(65-74-68(71)62-59-56-53-50-47-44-27-24-21-18-15-12-9-6-3)76-70(73)64-61-58-55-52-49-46-43-41-38-31-29-26-23-20-17-14-11-8-5-2/h7,10,16,19,24-25,27-28,32-33,35-36,39-40,67H,4-6,8-9,11-15,17-18,20-23,26,29-31,34,37-38,41-66H2,1-3H3/b10-7-,19-16-,27-24-,28-25-,33-32-,36-35-,40-39-. The van der Waals surface area contributed by atoms with Crippen LogP contribution in [0.4, 0.5) is 0 Å². The van der Waals surface area contributed by atoms with Crippen molar-refractivity contribution in [2.24, 2.45) is 0 Å². The zero-order valence-corrected chi connectivity index (χ0v) is 50.3. The van der Waals surface area contributed by atoms with Gasteiger partial charge in [0.05, 0.1) is 0 Å². The second-order valence-corrected chi connectivity index (χ2v) is 21.6. The van der Waals surface area contributed by atoms with Gasteiger partial charge in [-0.2, -0.15) is 0 Å². The van der Waals surface area contributed by atoms with Crippen LogP contribution in [-0.2, 0) is 28.6 Å². The molecule has 0 aliphatic heterocycles. The maximum atomic E-state index is 12.9. The minimum Gasteiger partial charge on any atom is -0.462 e. The summed E-state index contributed by atoms with van der Waals surface area (Å²) < 4.78 is 16.9. The van der Waals surface area contributed by atoms with E-state index in [1.807, 2.05) is 0 Å². The topological polar surface area (TPSA) is 78.9 Å². The van der Waals surface area contributed by atoms with E-state index in [9.17, 15) is 14.4 Å². The van der Waals surface area contributed by atoms with Gasteiger partial charge in [0, 0.05) is 19.3 Å². The molecule has 6 heteroatoms. The van der Waals surface area contributed by atoms with E-state index in [1.165, 1.54) is 167 Å². The second-order valence-electron chi connectivity index (χ2n) is 21.6. The number of allylic oxidation sites excluding steroid dienone is 14. The highest BCUT2D eigenvalue weighted by molar-refractivity contribution is 5.71. The van der Waals surface area contributed by atoms with E-state index in [0.717, 1.165) is 116 Å². The molecule has 0 aromatic rings. The van der Waals surface area contributed by atoms with Crippen molar-refractivity contribution >= 4 is 17.9 Å². The number of ether oxygens (including phenoxy) is 3. The van der Waals surface area contributed by atoms with Gasteiger partial charge in [0.15, 0.2) is 6.10 Å². The summed E-state index contributed by atoms with van der Waals surface area (Å²) in [6.45, 7) is 6.54. The van der Waals surface area contributed by atoms with E-state index in [0.29, 0.717) is 19.3 Å². The molecule has 0 aromatic heterocycles. The fourth-order valence-electron chi connectivity index (χ4n) is 9.27. The maximum Gasteiger partial charge on any atom is 0.306 e. The Labute approximate surface area is 471 Å². The van der Waals surface area contributed by atoms with Gasteiger partial charge < -0.3 is 14.2 Å². The van der Waals surface area contributed by atoms with Crippen molar-refractivity contribution in [2.75, 3.05) is 13.2 Å². The normalized spacial score (nSPS) is 12.6. The van der Waals surface area contributed by atoms with Gasteiger partial charge in [0.2, 0.25) is 0 Å². The molecule has 0 radical (unpaired) electrons. The molecule has 0 fully saturated rings. The lowest BCUT2D eigenvalue weighted by Crippen LogP contribution is -2.30. The lowest BCUT2D eigenvalue weighted by atomic mass is 10.0. The highest BCUT2D eigenvalue weighted by Crippen LogP contribution is 2.17. The van der Waals surface area contributed by atoms with Crippen LogP contribution < -0.4 is 0 Å². The molecule has 0 rings (SSSR count). The molecule has 1 unspecified atom stereocenters. The molecule has 0 aliphatic rings. The molecule has 0 saturated heterocycles. The van der Waals surface area contributed by atoms with Crippen molar-refractivity contribution in [3.05, 3.63) is 85.1 Å². The number of esters is 3. The first-order valence-corrected chi connectivity index (χ1v) is 32.6. The Kier molecular flexibility index (Phi) is 61.2. The van der Waals surface area contributed by atoms with Crippen molar-refractivity contribution in [3.63, 3.8) is 0 Å². The Bertz CT molecular complexity index is 1450. The van der Waals surface area contributed by atoms with Crippen LogP contribution >= 0.6 is 0 Å². The Balaban J connectivity index is 4.36. The van der Waals surface area contributed by atoms with Crippen LogP contribution in [-0.4, -0.2) is 37.2 Å². The molecule has 0 aromatic carbocycles. The fraction of sp³-hybridized carbons (Fsp3) is 0.757. The van der Waals surface area contributed by atoms with Gasteiger partial charge in [-0.15, -0.1) is 0 Å². The third-order valence-electron chi connectivity index (χ3n) is 14.1. The summed E-state index contributed by atoms with van der Waals surface area (Å²) in [4.78, 5) is 38.3. The predicted molar refractivity (Wildman–Crippen MR) is 330 cm³/mol. The van der Waals surface area contributed by atoms with Crippen molar-refractivity contribution < 1.29 is 28.6 Å². The highest BCUT2D eigenvalue weighted by Gasteiger charge is 2.19. The monoisotopic (exact) mass is 1060 g/mol. The molecule has 1 atom stereocenters. The van der Waals surface area contributed by atoms with Gasteiger partial charge in [0.1, 0.15) is 13.2 Å². The fourth-order valence-corrected chi connectivity index (χ4v) is 9.27. The van der Waals surface area contributed by atoms with E-state index >= 15 is 0 Å². The van der Waals surface area contributed by atoms with Crippen LogP contribution in [0.2, 0.25) is 0 Å². The average molecular weight is 1060 g/mol. The molecule has 0 saturated carbocycles. The Morgan fingerprint density at radius 3 is 0.816 bits per heavy atom. The number of carbonyl (C=O) groups is 3.